The SMILES string of the molecule is CC(NC(=O)c1ccc(-c2ccncc2)c(F)c1)c1cccc(C(F)(F)F)c1. The average Bonchev–Trinajstić information content (AvgIpc) is 2.68. The molecule has 1 unspecified atom stereocenters. The van der Waals surface area contributed by atoms with Gasteiger partial charge < -0.3 is 5.32 Å². The van der Waals surface area contributed by atoms with Crippen molar-refractivity contribution >= 4 is 5.91 Å². The summed E-state index contributed by atoms with van der Waals surface area (Å²) in [6.07, 6.45) is -1.40. The fourth-order valence-corrected chi connectivity index (χ4v) is 2.77. The normalized spacial score (nSPS) is 12.5. The van der Waals surface area contributed by atoms with Gasteiger partial charge in [0, 0.05) is 23.5 Å². The summed E-state index contributed by atoms with van der Waals surface area (Å²) in [6, 6.07) is 11.4. The van der Waals surface area contributed by atoms with Crippen LogP contribution in [0.1, 0.15) is 34.5 Å². The van der Waals surface area contributed by atoms with Crippen LogP contribution in [-0.2, 0) is 6.18 Å². The smallest absolute Gasteiger partial charge is 0.346 e. The average molecular weight is 388 g/mol. The zero-order valence-corrected chi connectivity index (χ0v) is 14.8. The first-order valence-electron chi connectivity index (χ1n) is 8.43. The molecule has 0 radical (unpaired) electrons. The van der Waals surface area contributed by atoms with Crippen LogP contribution in [0, 0.1) is 5.82 Å². The summed E-state index contributed by atoms with van der Waals surface area (Å²) in [5.41, 5.74) is 0.534. The zero-order chi connectivity index (χ0) is 20.3. The van der Waals surface area contributed by atoms with E-state index in [1.54, 1.807) is 19.1 Å². The molecule has 2 aromatic carbocycles. The van der Waals surface area contributed by atoms with Gasteiger partial charge in [-0.25, -0.2) is 4.39 Å². The van der Waals surface area contributed by atoms with Crippen molar-refractivity contribution in [3.05, 3.63) is 89.5 Å². The van der Waals surface area contributed by atoms with E-state index in [0.717, 1.165) is 18.2 Å². The van der Waals surface area contributed by atoms with E-state index < -0.39 is 29.5 Å². The molecule has 3 aromatic rings. The predicted octanol–water partition coefficient (Wildman–Crippen LogP) is 5.40. The van der Waals surface area contributed by atoms with Gasteiger partial charge in [-0.05, 0) is 54.4 Å². The van der Waals surface area contributed by atoms with Crippen molar-refractivity contribution in [3.63, 3.8) is 0 Å². The Hall–Kier alpha value is -3.22. The van der Waals surface area contributed by atoms with Gasteiger partial charge in [0.1, 0.15) is 5.82 Å². The number of hydrogen-bond acceptors (Lipinski definition) is 2. The number of carbonyl (C=O) groups excluding carboxylic acids is 1. The molecule has 0 aliphatic carbocycles. The number of amides is 1. The number of alkyl halides is 3. The molecule has 0 bridgehead atoms. The fraction of sp³-hybridized carbons (Fsp3) is 0.143. The number of hydrogen-bond donors (Lipinski definition) is 1. The second kappa shape index (κ2) is 7.80. The van der Waals surface area contributed by atoms with Crippen molar-refractivity contribution in [2.45, 2.75) is 19.1 Å². The summed E-state index contributed by atoms with van der Waals surface area (Å²) in [7, 11) is 0. The number of rotatable bonds is 4. The minimum atomic E-state index is -4.47. The minimum absolute atomic E-state index is 0.0779. The quantitative estimate of drug-likeness (QED) is 0.609. The van der Waals surface area contributed by atoms with Gasteiger partial charge in [-0.1, -0.05) is 18.2 Å². The van der Waals surface area contributed by atoms with Gasteiger partial charge in [0.15, 0.2) is 0 Å². The predicted molar refractivity (Wildman–Crippen MR) is 97.0 cm³/mol. The number of aromatic nitrogens is 1. The number of halogens is 4. The molecular formula is C21H16F4N2O. The van der Waals surface area contributed by atoms with Gasteiger partial charge in [-0.2, -0.15) is 13.2 Å². The van der Waals surface area contributed by atoms with E-state index in [1.165, 1.54) is 36.7 Å². The molecule has 1 atom stereocenters. The third-order valence-electron chi connectivity index (χ3n) is 4.28. The van der Waals surface area contributed by atoms with Gasteiger partial charge in [0.2, 0.25) is 0 Å². The molecule has 144 valence electrons. The highest BCUT2D eigenvalue weighted by Crippen LogP contribution is 2.31. The minimum Gasteiger partial charge on any atom is -0.346 e. The lowest BCUT2D eigenvalue weighted by Crippen LogP contribution is -2.27. The Morgan fingerprint density at radius 3 is 2.39 bits per heavy atom. The summed E-state index contributed by atoms with van der Waals surface area (Å²) < 4.78 is 53.0. The zero-order valence-electron chi connectivity index (χ0n) is 14.8. The standard InChI is InChI=1S/C21H16F4N2O/c1-13(15-3-2-4-17(11-15)21(23,24)25)27-20(28)16-5-6-18(19(22)12-16)14-7-9-26-10-8-14/h2-13H,1H3,(H,27,28). The van der Waals surface area contributed by atoms with Crippen LogP contribution >= 0.6 is 0 Å². The molecule has 28 heavy (non-hydrogen) atoms. The molecule has 1 aromatic heterocycles. The van der Waals surface area contributed by atoms with Crippen LogP contribution in [0.4, 0.5) is 17.6 Å². The molecular weight excluding hydrogens is 372 g/mol. The first-order chi connectivity index (χ1) is 13.3. The number of benzene rings is 2. The third-order valence-corrected chi connectivity index (χ3v) is 4.28. The van der Waals surface area contributed by atoms with Gasteiger partial charge in [0.05, 0.1) is 11.6 Å². The lowest BCUT2D eigenvalue weighted by molar-refractivity contribution is -0.137. The number of nitrogens with one attached hydrogen (secondary N) is 1. The van der Waals surface area contributed by atoms with Crippen molar-refractivity contribution in [2.75, 3.05) is 0 Å². The lowest BCUT2D eigenvalue weighted by atomic mass is 10.0. The Kier molecular flexibility index (Phi) is 5.44. The maximum atomic E-state index is 14.4. The van der Waals surface area contributed by atoms with E-state index in [2.05, 4.69) is 10.3 Å². The van der Waals surface area contributed by atoms with Crippen LogP contribution in [0.25, 0.3) is 11.1 Å². The van der Waals surface area contributed by atoms with E-state index in [-0.39, 0.29) is 5.56 Å². The molecule has 1 N–H and O–H groups in total. The molecule has 0 spiro atoms. The van der Waals surface area contributed by atoms with Crippen LogP contribution < -0.4 is 5.32 Å². The van der Waals surface area contributed by atoms with Crippen molar-refractivity contribution in [3.8, 4) is 11.1 Å². The highest BCUT2D eigenvalue weighted by Gasteiger charge is 2.30. The van der Waals surface area contributed by atoms with Gasteiger partial charge >= 0.3 is 6.18 Å². The second-order valence-electron chi connectivity index (χ2n) is 6.25. The maximum absolute atomic E-state index is 14.4. The number of nitrogens with zero attached hydrogens (tertiary/aromatic N) is 1. The number of carbonyl (C=O) groups is 1. The topological polar surface area (TPSA) is 42.0 Å². The highest BCUT2D eigenvalue weighted by atomic mass is 19.4. The molecule has 0 saturated heterocycles. The van der Waals surface area contributed by atoms with Crippen LogP contribution in [0.3, 0.4) is 0 Å². The van der Waals surface area contributed by atoms with Crippen molar-refractivity contribution < 1.29 is 22.4 Å². The molecule has 1 amide bonds. The van der Waals surface area contributed by atoms with Gasteiger partial charge in [0.25, 0.3) is 5.91 Å². The summed E-state index contributed by atoms with van der Waals surface area (Å²) in [4.78, 5) is 16.3. The van der Waals surface area contributed by atoms with Crippen LogP contribution in [0.15, 0.2) is 67.0 Å². The first-order valence-corrected chi connectivity index (χ1v) is 8.43. The van der Waals surface area contributed by atoms with Gasteiger partial charge in [-0.3, -0.25) is 9.78 Å². The molecule has 3 rings (SSSR count). The number of pyridine rings is 1. The third kappa shape index (κ3) is 4.36. The van der Waals surface area contributed by atoms with Crippen LogP contribution in [-0.4, -0.2) is 10.9 Å². The molecule has 0 aliphatic heterocycles. The first kappa shape index (κ1) is 19.5. The van der Waals surface area contributed by atoms with Crippen molar-refractivity contribution in [2.24, 2.45) is 0 Å². The van der Waals surface area contributed by atoms with E-state index >= 15 is 0 Å². The molecule has 1 heterocycles. The lowest BCUT2D eigenvalue weighted by Gasteiger charge is -2.16. The Morgan fingerprint density at radius 1 is 1.04 bits per heavy atom. The van der Waals surface area contributed by atoms with E-state index in [4.69, 9.17) is 0 Å². The molecule has 0 aliphatic rings. The van der Waals surface area contributed by atoms with Crippen molar-refractivity contribution in [1.29, 1.82) is 0 Å². The second-order valence-corrected chi connectivity index (χ2v) is 6.25. The van der Waals surface area contributed by atoms with Gasteiger partial charge in [-0.15, -0.1) is 0 Å². The van der Waals surface area contributed by atoms with Crippen molar-refractivity contribution in [1.82, 2.24) is 10.3 Å². The maximum Gasteiger partial charge on any atom is 0.416 e. The summed E-state index contributed by atoms with van der Waals surface area (Å²) in [5, 5.41) is 2.59. The Bertz CT molecular complexity index is 987. The highest BCUT2D eigenvalue weighted by molar-refractivity contribution is 5.95. The summed E-state index contributed by atoms with van der Waals surface area (Å²) in [6.45, 7) is 1.56. The Labute approximate surface area is 159 Å². The molecule has 0 saturated carbocycles. The van der Waals surface area contributed by atoms with E-state index in [1.807, 2.05) is 0 Å². The summed E-state index contributed by atoms with van der Waals surface area (Å²) >= 11 is 0. The van der Waals surface area contributed by atoms with Crippen LogP contribution in [0.2, 0.25) is 0 Å². The Morgan fingerprint density at radius 2 is 1.75 bits per heavy atom. The fourth-order valence-electron chi connectivity index (χ4n) is 2.77. The Balaban J connectivity index is 1.77. The summed E-state index contributed by atoms with van der Waals surface area (Å²) in [5.74, 6) is -1.16. The largest absolute Gasteiger partial charge is 0.416 e. The van der Waals surface area contributed by atoms with Crippen LogP contribution in [0.5, 0.6) is 0 Å². The molecule has 3 nitrogen and oxygen atoms in total. The monoisotopic (exact) mass is 388 g/mol. The van der Waals surface area contributed by atoms with E-state index in [9.17, 15) is 22.4 Å². The molecule has 7 heteroatoms. The molecule has 0 fully saturated rings. The van der Waals surface area contributed by atoms with E-state index in [0.29, 0.717) is 16.7 Å².